The smallest absolute Gasteiger partial charge is 0.222 e. The van der Waals surface area contributed by atoms with E-state index in [0.29, 0.717) is 10.0 Å². The number of nitrogens with two attached hydrogens (primary N) is 1. The summed E-state index contributed by atoms with van der Waals surface area (Å²) in [5, 5.41) is 4.50. The van der Waals surface area contributed by atoms with Crippen LogP contribution in [-0.2, 0) is 6.42 Å². The third-order valence-electron chi connectivity index (χ3n) is 4.56. The molecule has 1 aromatic heterocycles. The lowest BCUT2D eigenvalue weighted by molar-refractivity contribution is 0.858. The van der Waals surface area contributed by atoms with Gasteiger partial charge in [-0.3, -0.25) is 0 Å². The van der Waals surface area contributed by atoms with Gasteiger partial charge in [-0.05, 0) is 55.5 Å². The predicted molar refractivity (Wildman–Crippen MR) is 115 cm³/mol. The average molecular weight is 401 g/mol. The Hall–Kier alpha value is -2.30. The molecule has 2 aromatic carbocycles. The number of hydrogen-bond donors (Lipinski definition) is 2. The summed E-state index contributed by atoms with van der Waals surface area (Å²) in [4.78, 5) is 8.70. The topological polar surface area (TPSA) is 63.8 Å². The van der Waals surface area contributed by atoms with Gasteiger partial charge >= 0.3 is 0 Å². The van der Waals surface area contributed by atoms with Crippen molar-refractivity contribution < 1.29 is 0 Å². The van der Waals surface area contributed by atoms with Crippen molar-refractivity contribution in [2.45, 2.75) is 26.7 Å². The molecule has 27 heavy (non-hydrogen) atoms. The molecule has 0 radical (unpaired) electrons. The quantitative estimate of drug-likeness (QED) is 0.521. The van der Waals surface area contributed by atoms with Crippen LogP contribution in [0.4, 0.5) is 11.8 Å². The Kier molecular flexibility index (Phi) is 6.19. The summed E-state index contributed by atoms with van der Waals surface area (Å²) in [6, 6.07) is 13.8. The lowest BCUT2D eigenvalue weighted by atomic mass is 10.0. The monoisotopic (exact) mass is 400 g/mol. The number of aryl methyl sites for hydroxylation is 2. The standard InChI is InChI=1S/C21H22Cl2N4/c1-13-5-3-7-16(14(13)2)19-12-20(27-21(24)26-19)25-10-4-6-15-8-9-17(22)18(23)11-15/h3,5,7-9,11-12H,4,6,10H2,1-2H3,(H3,24,25,26,27). The van der Waals surface area contributed by atoms with Gasteiger partial charge in [0.05, 0.1) is 15.7 Å². The minimum Gasteiger partial charge on any atom is -0.370 e. The van der Waals surface area contributed by atoms with E-state index in [-0.39, 0.29) is 5.95 Å². The van der Waals surface area contributed by atoms with Crippen LogP contribution in [0.2, 0.25) is 10.0 Å². The molecule has 0 saturated carbocycles. The van der Waals surface area contributed by atoms with Gasteiger partial charge in [0.25, 0.3) is 0 Å². The van der Waals surface area contributed by atoms with Crippen LogP contribution >= 0.6 is 23.2 Å². The van der Waals surface area contributed by atoms with E-state index in [2.05, 4.69) is 41.3 Å². The van der Waals surface area contributed by atoms with Gasteiger partial charge < -0.3 is 11.1 Å². The third-order valence-corrected chi connectivity index (χ3v) is 5.30. The molecule has 3 rings (SSSR count). The molecule has 0 unspecified atom stereocenters. The second-order valence-corrected chi connectivity index (χ2v) is 7.34. The van der Waals surface area contributed by atoms with Gasteiger partial charge in [0, 0.05) is 18.2 Å². The van der Waals surface area contributed by atoms with Crippen molar-refractivity contribution in [3.63, 3.8) is 0 Å². The Morgan fingerprint density at radius 3 is 2.59 bits per heavy atom. The van der Waals surface area contributed by atoms with E-state index in [0.717, 1.165) is 42.0 Å². The molecular weight excluding hydrogens is 379 g/mol. The van der Waals surface area contributed by atoms with E-state index in [1.54, 1.807) is 0 Å². The van der Waals surface area contributed by atoms with Crippen LogP contribution < -0.4 is 11.1 Å². The van der Waals surface area contributed by atoms with Crippen LogP contribution in [-0.4, -0.2) is 16.5 Å². The number of hydrogen-bond acceptors (Lipinski definition) is 4. The minimum absolute atomic E-state index is 0.264. The van der Waals surface area contributed by atoms with Gasteiger partial charge in [-0.15, -0.1) is 0 Å². The van der Waals surface area contributed by atoms with Crippen molar-refractivity contribution in [3.05, 3.63) is 69.2 Å². The fraction of sp³-hybridized carbons (Fsp3) is 0.238. The maximum absolute atomic E-state index is 6.06. The second kappa shape index (κ2) is 8.59. The molecule has 0 atom stereocenters. The van der Waals surface area contributed by atoms with Crippen LogP contribution in [0.1, 0.15) is 23.1 Å². The van der Waals surface area contributed by atoms with Gasteiger partial charge in [-0.25, -0.2) is 4.98 Å². The zero-order valence-corrected chi connectivity index (χ0v) is 16.9. The Bertz CT molecular complexity index is 957. The number of aromatic nitrogens is 2. The number of benzene rings is 2. The molecule has 6 heteroatoms. The average Bonchev–Trinajstić information content (AvgIpc) is 2.63. The molecule has 0 saturated heterocycles. The van der Waals surface area contributed by atoms with Crippen LogP contribution in [0.3, 0.4) is 0 Å². The summed E-state index contributed by atoms with van der Waals surface area (Å²) in [6.07, 6.45) is 1.83. The first-order chi connectivity index (χ1) is 12.9. The molecule has 0 aliphatic carbocycles. The summed E-state index contributed by atoms with van der Waals surface area (Å²) < 4.78 is 0. The number of rotatable bonds is 6. The lowest BCUT2D eigenvalue weighted by Crippen LogP contribution is -2.07. The predicted octanol–water partition coefficient (Wildman–Crippen LogP) is 5.69. The van der Waals surface area contributed by atoms with E-state index in [9.17, 15) is 0 Å². The first-order valence-electron chi connectivity index (χ1n) is 8.83. The number of anilines is 2. The van der Waals surface area contributed by atoms with Crippen molar-refractivity contribution in [2.24, 2.45) is 0 Å². The minimum atomic E-state index is 0.264. The van der Waals surface area contributed by atoms with Crippen molar-refractivity contribution >= 4 is 35.0 Å². The summed E-state index contributed by atoms with van der Waals surface area (Å²) in [6.45, 7) is 4.95. The van der Waals surface area contributed by atoms with E-state index in [1.807, 2.05) is 30.3 Å². The zero-order valence-electron chi connectivity index (χ0n) is 15.4. The van der Waals surface area contributed by atoms with Gasteiger partial charge in [0.2, 0.25) is 5.95 Å². The van der Waals surface area contributed by atoms with Crippen molar-refractivity contribution in [2.75, 3.05) is 17.6 Å². The summed E-state index contributed by atoms with van der Waals surface area (Å²) in [5.41, 5.74) is 11.4. The number of halogens is 2. The molecule has 3 N–H and O–H groups in total. The number of nitrogens with zero attached hydrogens (tertiary/aromatic N) is 2. The fourth-order valence-electron chi connectivity index (χ4n) is 2.93. The second-order valence-electron chi connectivity index (χ2n) is 6.52. The Balaban J connectivity index is 1.66. The van der Waals surface area contributed by atoms with Crippen molar-refractivity contribution in [3.8, 4) is 11.3 Å². The molecule has 0 aliphatic rings. The highest BCUT2D eigenvalue weighted by molar-refractivity contribution is 6.42. The molecule has 4 nitrogen and oxygen atoms in total. The van der Waals surface area contributed by atoms with E-state index >= 15 is 0 Å². The lowest BCUT2D eigenvalue weighted by Gasteiger charge is -2.11. The number of nitrogens with one attached hydrogen (secondary N) is 1. The first-order valence-corrected chi connectivity index (χ1v) is 9.58. The molecule has 0 bridgehead atoms. The largest absolute Gasteiger partial charge is 0.370 e. The Morgan fingerprint density at radius 2 is 1.81 bits per heavy atom. The van der Waals surface area contributed by atoms with Gasteiger partial charge in [0.15, 0.2) is 0 Å². The van der Waals surface area contributed by atoms with Crippen molar-refractivity contribution in [1.82, 2.24) is 9.97 Å². The molecule has 140 valence electrons. The molecule has 0 aliphatic heterocycles. The van der Waals surface area contributed by atoms with Crippen molar-refractivity contribution in [1.29, 1.82) is 0 Å². The molecule has 0 amide bonds. The van der Waals surface area contributed by atoms with Gasteiger partial charge in [-0.1, -0.05) is 47.5 Å². The van der Waals surface area contributed by atoms with E-state index < -0.39 is 0 Å². The van der Waals surface area contributed by atoms with Crippen LogP contribution in [0, 0.1) is 13.8 Å². The molecular formula is C21H22Cl2N4. The van der Waals surface area contributed by atoms with E-state index in [1.165, 1.54) is 11.1 Å². The summed E-state index contributed by atoms with van der Waals surface area (Å²) in [7, 11) is 0. The molecule has 1 heterocycles. The van der Waals surface area contributed by atoms with Crippen LogP contribution in [0.15, 0.2) is 42.5 Å². The summed E-state index contributed by atoms with van der Waals surface area (Å²) in [5.74, 6) is 0.993. The highest BCUT2D eigenvalue weighted by Crippen LogP contribution is 2.26. The van der Waals surface area contributed by atoms with Crippen LogP contribution in [0.25, 0.3) is 11.3 Å². The molecule has 0 fully saturated rings. The third kappa shape index (κ3) is 4.90. The zero-order chi connectivity index (χ0) is 19.4. The van der Waals surface area contributed by atoms with Crippen LogP contribution in [0.5, 0.6) is 0 Å². The highest BCUT2D eigenvalue weighted by Gasteiger charge is 2.09. The Labute approximate surface area is 169 Å². The van der Waals surface area contributed by atoms with E-state index in [4.69, 9.17) is 28.9 Å². The highest BCUT2D eigenvalue weighted by atomic mass is 35.5. The first kappa shape index (κ1) is 19.5. The molecule has 3 aromatic rings. The fourth-order valence-corrected chi connectivity index (χ4v) is 3.25. The number of nitrogen functional groups attached to an aromatic ring is 1. The maximum Gasteiger partial charge on any atom is 0.222 e. The van der Waals surface area contributed by atoms with Gasteiger partial charge in [0.1, 0.15) is 5.82 Å². The SMILES string of the molecule is Cc1cccc(-c2cc(NCCCc3ccc(Cl)c(Cl)c3)nc(N)n2)c1C. The molecule has 0 spiro atoms. The normalized spacial score (nSPS) is 10.8. The van der Waals surface area contributed by atoms with Gasteiger partial charge in [-0.2, -0.15) is 4.98 Å². The Morgan fingerprint density at radius 1 is 1.00 bits per heavy atom. The maximum atomic E-state index is 6.06. The summed E-state index contributed by atoms with van der Waals surface area (Å²) >= 11 is 12.0.